The summed E-state index contributed by atoms with van der Waals surface area (Å²) in [6.45, 7) is 6.77. The molecule has 0 aliphatic heterocycles. The second-order valence-corrected chi connectivity index (χ2v) is 5.83. The van der Waals surface area contributed by atoms with Crippen LogP contribution in [0.25, 0.3) is 0 Å². The third-order valence-electron chi connectivity index (χ3n) is 3.23. The zero-order valence-electron chi connectivity index (χ0n) is 12.3. The topological polar surface area (TPSA) is 18.5 Å². The van der Waals surface area contributed by atoms with Crippen molar-refractivity contribution in [3.8, 4) is 11.5 Å². The van der Waals surface area contributed by atoms with E-state index in [0.717, 1.165) is 21.5 Å². The quantitative estimate of drug-likeness (QED) is 0.786. The number of aryl methyl sites for hydroxylation is 3. The van der Waals surface area contributed by atoms with Gasteiger partial charge >= 0.3 is 0 Å². The molecule has 0 unspecified atom stereocenters. The van der Waals surface area contributed by atoms with E-state index in [1.165, 1.54) is 16.7 Å². The van der Waals surface area contributed by atoms with Crippen molar-refractivity contribution in [3.63, 3.8) is 0 Å². The van der Waals surface area contributed by atoms with Gasteiger partial charge in [-0.25, -0.2) is 0 Å². The van der Waals surface area contributed by atoms with Crippen LogP contribution in [0.5, 0.6) is 11.5 Å². The van der Waals surface area contributed by atoms with Crippen molar-refractivity contribution in [2.75, 3.05) is 7.11 Å². The molecule has 0 saturated heterocycles. The van der Waals surface area contributed by atoms with Crippen molar-refractivity contribution in [2.24, 2.45) is 0 Å². The molecular formula is C17H19BrO2. The third kappa shape index (κ3) is 3.34. The molecule has 0 heterocycles. The normalized spacial score (nSPS) is 10.4. The molecule has 0 aromatic heterocycles. The van der Waals surface area contributed by atoms with E-state index in [1.807, 2.05) is 18.2 Å². The van der Waals surface area contributed by atoms with E-state index in [1.54, 1.807) is 7.11 Å². The molecule has 0 aliphatic rings. The first-order valence-corrected chi connectivity index (χ1v) is 7.33. The lowest BCUT2D eigenvalue weighted by molar-refractivity contribution is 0.300. The summed E-state index contributed by atoms with van der Waals surface area (Å²) in [6, 6.07) is 10.2. The van der Waals surface area contributed by atoms with Gasteiger partial charge in [0.25, 0.3) is 0 Å². The van der Waals surface area contributed by atoms with E-state index >= 15 is 0 Å². The van der Waals surface area contributed by atoms with E-state index in [9.17, 15) is 0 Å². The van der Waals surface area contributed by atoms with Gasteiger partial charge in [0.2, 0.25) is 0 Å². The minimum atomic E-state index is 0.516. The van der Waals surface area contributed by atoms with E-state index < -0.39 is 0 Å². The fourth-order valence-corrected chi connectivity index (χ4v) is 2.69. The number of ether oxygens (including phenoxy) is 2. The Hall–Kier alpha value is -1.48. The summed E-state index contributed by atoms with van der Waals surface area (Å²) in [5.41, 5.74) is 4.67. The van der Waals surface area contributed by atoms with Crippen LogP contribution in [-0.2, 0) is 6.61 Å². The number of halogens is 1. The Bertz CT molecular complexity index is 597. The number of rotatable bonds is 4. The van der Waals surface area contributed by atoms with Gasteiger partial charge in [-0.05, 0) is 50.1 Å². The molecule has 3 heteroatoms. The molecule has 106 valence electrons. The Morgan fingerprint density at radius 3 is 2.25 bits per heavy atom. The van der Waals surface area contributed by atoms with Crippen molar-refractivity contribution < 1.29 is 9.47 Å². The largest absolute Gasteiger partial charge is 0.497 e. The Labute approximate surface area is 128 Å². The van der Waals surface area contributed by atoms with Gasteiger partial charge in [-0.1, -0.05) is 33.6 Å². The van der Waals surface area contributed by atoms with Crippen LogP contribution in [0.3, 0.4) is 0 Å². The maximum atomic E-state index is 6.00. The van der Waals surface area contributed by atoms with Crippen LogP contribution in [0.2, 0.25) is 0 Å². The number of benzene rings is 2. The monoisotopic (exact) mass is 334 g/mol. The van der Waals surface area contributed by atoms with Crippen LogP contribution in [0, 0.1) is 20.8 Å². The first kappa shape index (κ1) is 14.9. The highest BCUT2D eigenvalue weighted by Crippen LogP contribution is 2.28. The zero-order valence-corrected chi connectivity index (χ0v) is 13.9. The molecular weight excluding hydrogens is 316 g/mol. The van der Waals surface area contributed by atoms with E-state index in [4.69, 9.17) is 9.47 Å². The van der Waals surface area contributed by atoms with Gasteiger partial charge < -0.3 is 9.47 Å². The van der Waals surface area contributed by atoms with E-state index in [2.05, 4.69) is 48.8 Å². The van der Waals surface area contributed by atoms with E-state index in [-0.39, 0.29) is 0 Å². The van der Waals surface area contributed by atoms with Crippen molar-refractivity contribution in [2.45, 2.75) is 27.4 Å². The van der Waals surface area contributed by atoms with E-state index in [0.29, 0.717) is 6.61 Å². The van der Waals surface area contributed by atoms with Crippen molar-refractivity contribution >= 4 is 15.9 Å². The second-order valence-electron chi connectivity index (χ2n) is 4.97. The van der Waals surface area contributed by atoms with Crippen LogP contribution < -0.4 is 9.47 Å². The molecule has 0 fully saturated rings. The first-order chi connectivity index (χ1) is 9.51. The summed E-state index contributed by atoms with van der Waals surface area (Å²) in [5.74, 6) is 1.80. The highest BCUT2D eigenvalue weighted by molar-refractivity contribution is 9.10. The Balaban J connectivity index is 2.21. The smallest absolute Gasteiger partial charge is 0.125 e. The third-order valence-corrected chi connectivity index (χ3v) is 4.00. The van der Waals surface area contributed by atoms with Crippen LogP contribution in [-0.4, -0.2) is 7.11 Å². The molecule has 0 radical (unpaired) electrons. The number of hydrogen-bond acceptors (Lipinski definition) is 2. The fraction of sp³-hybridized carbons (Fsp3) is 0.294. The molecule has 0 saturated carbocycles. The van der Waals surface area contributed by atoms with Gasteiger partial charge in [-0.15, -0.1) is 0 Å². The molecule has 2 rings (SSSR count). The lowest BCUT2D eigenvalue weighted by Crippen LogP contribution is -2.00. The lowest BCUT2D eigenvalue weighted by atomic mass is 10.1. The Morgan fingerprint density at radius 2 is 1.65 bits per heavy atom. The molecule has 20 heavy (non-hydrogen) atoms. The van der Waals surface area contributed by atoms with Crippen LogP contribution in [0.1, 0.15) is 22.3 Å². The molecule has 0 atom stereocenters. The molecule has 2 aromatic carbocycles. The summed E-state index contributed by atoms with van der Waals surface area (Å²) in [6.07, 6.45) is 0. The number of methoxy groups -OCH3 is 1. The highest BCUT2D eigenvalue weighted by atomic mass is 79.9. The molecule has 0 N–H and O–H groups in total. The molecule has 0 aliphatic carbocycles. The molecule has 2 nitrogen and oxygen atoms in total. The standard InChI is InChI=1S/C17H19BrO2/c1-11-7-12(2)17(13(3)8-11)20-10-14-9-15(19-4)5-6-16(14)18/h5-9H,10H2,1-4H3. The summed E-state index contributed by atoms with van der Waals surface area (Å²) in [5, 5.41) is 0. The SMILES string of the molecule is COc1ccc(Br)c(COc2c(C)cc(C)cc2C)c1. The lowest BCUT2D eigenvalue weighted by Gasteiger charge is -2.14. The maximum absolute atomic E-state index is 6.00. The van der Waals surface area contributed by atoms with Crippen molar-refractivity contribution in [1.82, 2.24) is 0 Å². The summed E-state index contributed by atoms with van der Waals surface area (Å²) in [4.78, 5) is 0. The fourth-order valence-electron chi connectivity index (χ4n) is 2.33. The molecule has 0 spiro atoms. The second kappa shape index (κ2) is 6.31. The predicted octanol–water partition coefficient (Wildman–Crippen LogP) is 4.96. The van der Waals surface area contributed by atoms with Crippen LogP contribution in [0.4, 0.5) is 0 Å². The Kier molecular flexibility index (Phi) is 4.71. The zero-order chi connectivity index (χ0) is 14.7. The summed E-state index contributed by atoms with van der Waals surface area (Å²) < 4.78 is 12.3. The summed E-state index contributed by atoms with van der Waals surface area (Å²) in [7, 11) is 1.67. The van der Waals surface area contributed by atoms with Gasteiger partial charge in [0, 0.05) is 10.0 Å². The van der Waals surface area contributed by atoms with Gasteiger partial charge in [0.1, 0.15) is 18.1 Å². The average molecular weight is 335 g/mol. The van der Waals surface area contributed by atoms with Gasteiger partial charge in [0.15, 0.2) is 0 Å². The maximum Gasteiger partial charge on any atom is 0.125 e. The molecule has 0 bridgehead atoms. The van der Waals surface area contributed by atoms with Crippen LogP contribution in [0.15, 0.2) is 34.8 Å². The Morgan fingerprint density at radius 1 is 1.00 bits per heavy atom. The van der Waals surface area contributed by atoms with Crippen LogP contribution >= 0.6 is 15.9 Å². The van der Waals surface area contributed by atoms with Gasteiger partial charge in [-0.2, -0.15) is 0 Å². The minimum absolute atomic E-state index is 0.516. The minimum Gasteiger partial charge on any atom is -0.497 e. The average Bonchev–Trinajstić information content (AvgIpc) is 2.39. The predicted molar refractivity (Wildman–Crippen MR) is 85.7 cm³/mol. The summed E-state index contributed by atoms with van der Waals surface area (Å²) >= 11 is 3.55. The van der Waals surface area contributed by atoms with Crippen molar-refractivity contribution in [1.29, 1.82) is 0 Å². The number of hydrogen-bond donors (Lipinski definition) is 0. The first-order valence-electron chi connectivity index (χ1n) is 6.54. The molecule has 2 aromatic rings. The van der Waals surface area contributed by atoms with Gasteiger partial charge in [0.05, 0.1) is 7.11 Å². The highest BCUT2D eigenvalue weighted by Gasteiger charge is 2.08. The molecule has 0 amide bonds. The van der Waals surface area contributed by atoms with Crippen molar-refractivity contribution in [3.05, 3.63) is 57.1 Å². The van der Waals surface area contributed by atoms with Gasteiger partial charge in [-0.3, -0.25) is 0 Å².